The Balaban J connectivity index is 3.00. The van der Waals surface area contributed by atoms with E-state index >= 15 is 0 Å². The minimum atomic E-state index is 0.562. The average Bonchev–Trinajstić information content (AvgIpc) is 2.42. The van der Waals surface area contributed by atoms with Crippen LogP contribution in [0.4, 0.5) is 0 Å². The van der Waals surface area contributed by atoms with Crippen molar-refractivity contribution in [1.82, 2.24) is 9.99 Å². The molecule has 0 N–H and O–H groups in total. The van der Waals surface area contributed by atoms with Crippen molar-refractivity contribution in [3.05, 3.63) is 54.6 Å². The first-order valence-corrected chi connectivity index (χ1v) is 6.17. The Bertz CT molecular complexity index is 515. The van der Waals surface area contributed by atoms with Gasteiger partial charge >= 0.3 is 0 Å². The smallest absolute Gasteiger partial charge is 0.141 e. The Labute approximate surface area is 114 Å². The first kappa shape index (κ1) is 14.8. The second kappa shape index (κ2) is 7.26. The fourth-order valence-corrected chi connectivity index (χ4v) is 1.57. The summed E-state index contributed by atoms with van der Waals surface area (Å²) in [6, 6.07) is 3.94. The van der Waals surface area contributed by atoms with E-state index in [0.717, 1.165) is 23.4 Å². The first-order chi connectivity index (χ1) is 9.10. The van der Waals surface area contributed by atoms with Crippen molar-refractivity contribution in [2.24, 2.45) is 10.1 Å². The van der Waals surface area contributed by atoms with E-state index in [0.29, 0.717) is 5.82 Å². The van der Waals surface area contributed by atoms with Gasteiger partial charge in [-0.15, -0.1) is 0 Å². The summed E-state index contributed by atoms with van der Waals surface area (Å²) in [4.78, 5) is 8.40. The Hall–Kier alpha value is -2.23. The molecule has 0 amide bonds. The molecule has 0 aliphatic heterocycles. The lowest BCUT2D eigenvalue weighted by molar-refractivity contribution is 0.443. The lowest BCUT2D eigenvalue weighted by atomic mass is 10.1. The highest BCUT2D eigenvalue weighted by atomic mass is 15.5. The molecule has 0 spiro atoms. The second-order valence-corrected chi connectivity index (χ2v) is 3.99. The average molecular weight is 256 g/mol. The van der Waals surface area contributed by atoms with E-state index in [1.54, 1.807) is 23.5 Å². The Morgan fingerprint density at radius 1 is 1.53 bits per heavy atom. The van der Waals surface area contributed by atoms with Crippen LogP contribution in [-0.4, -0.2) is 29.0 Å². The minimum absolute atomic E-state index is 0.562. The van der Waals surface area contributed by atoms with Gasteiger partial charge in [-0.05, 0) is 25.5 Å². The van der Waals surface area contributed by atoms with Crippen molar-refractivity contribution < 1.29 is 0 Å². The molecule has 100 valence electrons. The fraction of sp³-hybridized carbons (Fsp3) is 0.267. The maximum atomic E-state index is 4.54. The van der Waals surface area contributed by atoms with Crippen LogP contribution in [0.15, 0.2) is 53.5 Å². The molecule has 0 aliphatic carbocycles. The zero-order valence-corrected chi connectivity index (χ0v) is 11.8. The van der Waals surface area contributed by atoms with E-state index in [2.05, 4.69) is 35.2 Å². The lowest BCUT2D eigenvalue weighted by Gasteiger charge is -2.15. The summed E-state index contributed by atoms with van der Waals surface area (Å²) in [6.45, 7) is 11.5. The molecule has 1 aromatic heterocycles. The molecule has 0 bridgehead atoms. The molecule has 1 heterocycles. The zero-order valence-electron chi connectivity index (χ0n) is 11.8. The molecular formula is C15H20N4. The number of hydrogen-bond donors (Lipinski definition) is 0. The van der Waals surface area contributed by atoms with Crippen LogP contribution < -0.4 is 0 Å². The van der Waals surface area contributed by atoms with Gasteiger partial charge in [0, 0.05) is 30.7 Å². The normalized spacial score (nSPS) is 11.6. The molecule has 19 heavy (non-hydrogen) atoms. The number of allylic oxidation sites excluding steroid dienone is 1. The highest BCUT2D eigenvalue weighted by Crippen LogP contribution is 2.11. The molecule has 0 fully saturated rings. The van der Waals surface area contributed by atoms with E-state index in [9.17, 15) is 0 Å². The van der Waals surface area contributed by atoms with Crippen molar-refractivity contribution in [3.63, 3.8) is 0 Å². The highest BCUT2D eigenvalue weighted by molar-refractivity contribution is 6.01. The van der Waals surface area contributed by atoms with Crippen LogP contribution in [0.25, 0.3) is 0 Å². The van der Waals surface area contributed by atoms with Gasteiger partial charge in [-0.2, -0.15) is 5.10 Å². The Morgan fingerprint density at radius 2 is 2.26 bits per heavy atom. The maximum absolute atomic E-state index is 4.54. The second-order valence-electron chi connectivity index (χ2n) is 3.99. The number of hydrogen-bond acceptors (Lipinski definition) is 4. The van der Waals surface area contributed by atoms with Crippen LogP contribution in [0.2, 0.25) is 0 Å². The summed E-state index contributed by atoms with van der Waals surface area (Å²) in [7, 11) is 1.82. The molecule has 0 atom stereocenters. The summed E-state index contributed by atoms with van der Waals surface area (Å²) >= 11 is 0. The van der Waals surface area contributed by atoms with Crippen LogP contribution >= 0.6 is 0 Å². The van der Waals surface area contributed by atoms with Gasteiger partial charge in [0.1, 0.15) is 5.82 Å². The summed E-state index contributed by atoms with van der Waals surface area (Å²) in [5.41, 5.74) is 2.98. The maximum Gasteiger partial charge on any atom is 0.141 e. The van der Waals surface area contributed by atoms with Crippen LogP contribution in [0.3, 0.4) is 0 Å². The van der Waals surface area contributed by atoms with E-state index in [4.69, 9.17) is 0 Å². The lowest BCUT2D eigenvalue weighted by Crippen LogP contribution is -2.14. The number of hydrazone groups is 1. The highest BCUT2D eigenvalue weighted by Gasteiger charge is 2.07. The van der Waals surface area contributed by atoms with Crippen LogP contribution in [0, 0.1) is 6.92 Å². The van der Waals surface area contributed by atoms with Gasteiger partial charge in [0.2, 0.25) is 0 Å². The minimum Gasteiger partial charge on any atom is -0.261 e. The van der Waals surface area contributed by atoms with Gasteiger partial charge in [0.05, 0.1) is 5.71 Å². The number of nitrogens with zero attached hydrogens (tertiary/aromatic N) is 4. The molecule has 0 saturated carbocycles. The van der Waals surface area contributed by atoms with Crippen molar-refractivity contribution >= 4 is 11.9 Å². The molecular weight excluding hydrogens is 236 g/mol. The molecule has 0 unspecified atom stereocenters. The van der Waals surface area contributed by atoms with Crippen LogP contribution in [0.1, 0.15) is 24.6 Å². The SMILES string of the molecule is C=C/C=N\C(=C)N(C)/N=C(\CC)c1cccnc1C. The quantitative estimate of drug-likeness (QED) is 0.579. The number of rotatable bonds is 6. The van der Waals surface area contributed by atoms with Gasteiger partial charge in [-0.1, -0.05) is 26.2 Å². The summed E-state index contributed by atoms with van der Waals surface area (Å²) in [6.07, 6.45) is 5.79. The monoisotopic (exact) mass is 256 g/mol. The molecule has 1 rings (SSSR count). The third kappa shape index (κ3) is 4.17. The predicted octanol–water partition coefficient (Wildman–Crippen LogP) is 3.16. The topological polar surface area (TPSA) is 40.9 Å². The first-order valence-electron chi connectivity index (χ1n) is 6.17. The summed E-state index contributed by atoms with van der Waals surface area (Å²) in [5.74, 6) is 0.562. The number of pyridine rings is 1. The molecule has 1 aromatic rings. The number of aromatic nitrogens is 1. The van der Waals surface area contributed by atoms with Crippen molar-refractivity contribution in [2.75, 3.05) is 7.05 Å². The summed E-state index contributed by atoms with van der Waals surface area (Å²) in [5, 5.41) is 6.20. The van der Waals surface area contributed by atoms with Gasteiger partial charge in [-0.3, -0.25) is 9.99 Å². The van der Waals surface area contributed by atoms with E-state index in [1.165, 1.54) is 0 Å². The van der Waals surface area contributed by atoms with E-state index in [1.807, 2.05) is 26.1 Å². The molecule has 0 saturated heterocycles. The van der Waals surface area contributed by atoms with Gasteiger partial charge < -0.3 is 0 Å². The number of aryl methyl sites for hydroxylation is 1. The third-order valence-electron chi connectivity index (χ3n) is 2.63. The molecule has 0 radical (unpaired) electrons. The Kier molecular flexibility index (Phi) is 5.67. The van der Waals surface area contributed by atoms with Gasteiger partial charge in [-0.25, -0.2) is 4.99 Å². The summed E-state index contributed by atoms with van der Waals surface area (Å²) < 4.78 is 0. The molecule has 0 aromatic carbocycles. The zero-order chi connectivity index (χ0) is 14.3. The van der Waals surface area contributed by atoms with E-state index in [-0.39, 0.29) is 0 Å². The molecule has 4 nitrogen and oxygen atoms in total. The van der Waals surface area contributed by atoms with Crippen molar-refractivity contribution in [2.45, 2.75) is 20.3 Å². The predicted molar refractivity (Wildman–Crippen MR) is 81.4 cm³/mol. The van der Waals surface area contributed by atoms with Crippen LogP contribution in [0.5, 0.6) is 0 Å². The van der Waals surface area contributed by atoms with Gasteiger partial charge in [0.25, 0.3) is 0 Å². The van der Waals surface area contributed by atoms with E-state index < -0.39 is 0 Å². The molecule has 0 aliphatic rings. The molecule has 4 heteroatoms. The number of aliphatic imine (C=N–C) groups is 1. The standard InChI is InChI=1S/C15H20N4/c1-6-10-17-13(4)19(5)18-15(7-2)14-9-8-11-16-12(14)3/h6,8-11H,1,4,7H2,2-3,5H3/b17-10-,18-15+. The van der Waals surface area contributed by atoms with Crippen molar-refractivity contribution in [1.29, 1.82) is 0 Å². The Morgan fingerprint density at radius 3 is 2.84 bits per heavy atom. The van der Waals surface area contributed by atoms with Crippen molar-refractivity contribution in [3.8, 4) is 0 Å². The van der Waals surface area contributed by atoms with Gasteiger partial charge in [0.15, 0.2) is 0 Å². The fourth-order valence-electron chi connectivity index (χ4n) is 1.57. The largest absolute Gasteiger partial charge is 0.261 e. The third-order valence-corrected chi connectivity index (χ3v) is 2.63. The van der Waals surface area contributed by atoms with Crippen LogP contribution in [-0.2, 0) is 0 Å².